The molecule has 0 fully saturated rings. The molecular formula is C7H15NO3. The predicted octanol–water partition coefficient (Wildman–Crippen LogP) is -0.323. The van der Waals surface area contributed by atoms with Crippen LogP contribution in [0.3, 0.4) is 0 Å². The number of hydrogen-bond donors (Lipinski definition) is 3. The Morgan fingerprint density at radius 3 is 2.36 bits per heavy atom. The first-order chi connectivity index (χ1) is 5.07. The maximum absolute atomic E-state index is 10.3. The van der Waals surface area contributed by atoms with E-state index in [0.717, 1.165) is 0 Å². The van der Waals surface area contributed by atoms with Crippen LogP contribution in [0.2, 0.25) is 0 Å². The number of aliphatic carboxylic acids is 1. The lowest BCUT2D eigenvalue weighted by atomic mass is 10.2. The smallest absolute Gasteiger partial charge is 0.323 e. The van der Waals surface area contributed by atoms with E-state index >= 15 is 0 Å². The van der Waals surface area contributed by atoms with Gasteiger partial charge < -0.3 is 15.5 Å². The molecule has 0 amide bonds. The largest absolute Gasteiger partial charge is 0.480 e. The molecule has 11 heavy (non-hydrogen) atoms. The fourth-order valence-corrected chi connectivity index (χ4v) is 0.608. The minimum absolute atomic E-state index is 0.359. The number of aliphatic hydroxyl groups excluding tert-OH is 1. The number of hydrogen-bond acceptors (Lipinski definition) is 3. The van der Waals surface area contributed by atoms with Crippen molar-refractivity contribution < 1.29 is 15.0 Å². The van der Waals surface area contributed by atoms with Gasteiger partial charge in [0, 0.05) is 0 Å². The molecule has 0 aliphatic carbocycles. The van der Waals surface area contributed by atoms with Crippen molar-refractivity contribution in [3.63, 3.8) is 0 Å². The van der Waals surface area contributed by atoms with Gasteiger partial charge in [0.1, 0.15) is 6.04 Å². The maximum atomic E-state index is 10.3. The van der Waals surface area contributed by atoms with Crippen LogP contribution in [0, 0.1) is 5.92 Å². The summed E-state index contributed by atoms with van der Waals surface area (Å²) in [4.78, 5) is 10.3. The molecule has 0 aliphatic heterocycles. The topological polar surface area (TPSA) is 69.6 Å². The maximum Gasteiger partial charge on any atom is 0.323 e. The van der Waals surface area contributed by atoms with Crippen LogP contribution in [0.5, 0.6) is 0 Å². The van der Waals surface area contributed by atoms with Crippen molar-refractivity contribution >= 4 is 5.97 Å². The van der Waals surface area contributed by atoms with Crippen molar-refractivity contribution in [3.8, 4) is 0 Å². The number of carboxylic acids is 1. The van der Waals surface area contributed by atoms with Crippen molar-refractivity contribution in [2.24, 2.45) is 5.92 Å². The third kappa shape index (κ3) is 4.75. The molecule has 0 saturated carbocycles. The Morgan fingerprint density at radius 1 is 1.55 bits per heavy atom. The second-order valence-electron chi connectivity index (χ2n) is 2.88. The van der Waals surface area contributed by atoms with E-state index in [1.807, 2.05) is 13.8 Å². The van der Waals surface area contributed by atoms with Crippen molar-refractivity contribution in [2.45, 2.75) is 19.9 Å². The van der Waals surface area contributed by atoms with Gasteiger partial charge in [-0.2, -0.15) is 0 Å². The first-order valence-corrected chi connectivity index (χ1v) is 3.65. The second-order valence-corrected chi connectivity index (χ2v) is 2.88. The van der Waals surface area contributed by atoms with E-state index in [4.69, 9.17) is 10.2 Å². The van der Waals surface area contributed by atoms with Crippen LogP contribution in [-0.2, 0) is 4.79 Å². The normalized spacial score (nSPS) is 13.5. The average molecular weight is 161 g/mol. The standard InChI is InChI=1S/C7H15NO3/c1-5(2)3-8-6(4-9)7(10)11/h5-6,8-9H,3-4H2,1-2H3,(H,10,11). The molecule has 1 atom stereocenters. The van der Waals surface area contributed by atoms with E-state index in [9.17, 15) is 4.79 Å². The molecule has 66 valence electrons. The van der Waals surface area contributed by atoms with Crippen molar-refractivity contribution in [2.75, 3.05) is 13.2 Å². The van der Waals surface area contributed by atoms with Crippen LogP contribution < -0.4 is 5.32 Å². The fourth-order valence-electron chi connectivity index (χ4n) is 0.608. The Morgan fingerprint density at radius 2 is 2.09 bits per heavy atom. The van der Waals surface area contributed by atoms with Crippen LogP contribution >= 0.6 is 0 Å². The van der Waals surface area contributed by atoms with E-state index in [0.29, 0.717) is 12.5 Å². The Kier molecular flexibility index (Phi) is 4.81. The molecule has 0 spiro atoms. The van der Waals surface area contributed by atoms with Gasteiger partial charge in [-0.15, -0.1) is 0 Å². The summed E-state index contributed by atoms with van der Waals surface area (Å²) in [6.45, 7) is 4.20. The van der Waals surface area contributed by atoms with Gasteiger partial charge >= 0.3 is 5.97 Å². The first-order valence-electron chi connectivity index (χ1n) is 3.65. The molecule has 0 bridgehead atoms. The highest BCUT2D eigenvalue weighted by atomic mass is 16.4. The molecule has 4 heteroatoms. The third-order valence-electron chi connectivity index (χ3n) is 1.25. The highest BCUT2D eigenvalue weighted by Crippen LogP contribution is 1.89. The lowest BCUT2D eigenvalue weighted by Crippen LogP contribution is -2.41. The van der Waals surface area contributed by atoms with E-state index in [1.165, 1.54) is 0 Å². The molecule has 0 rings (SSSR count). The Balaban J connectivity index is 3.61. The zero-order valence-electron chi connectivity index (χ0n) is 6.87. The number of rotatable bonds is 5. The number of aliphatic hydroxyl groups is 1. The quantitative estimate of drug-likeness (QED) is 0.516. The van der Waals surface area contributed by atoms with Crippen molar-refractivity contribution in [1.82, 2.24) is 5.32 Å². The first kappa shape index (κ1) is 10.4. The number of carboxylic acid groups (broad SMARTS) is 1. The summed E-state index contributed by atoms with van der Waals surface area (Å²) < 4.78 is 0. The van der Waals surface area contributed by atoms with Gasteiger partial charge in [-0.1, -0.05) is 13.8 Å². The van der Waals surface area contributed by atoms with E-state index in [2.05, 4.69) is 5.32 Å². The zero-order valence-corrected chi connectivity index (χ0v) is 6.87. The van der Waals surface area contributed by atoms with Gasteiger partial charge in [-0.25, -0.2) is 0 Å². The highest BCUT2D eigenvalue weighted by Gasteiger charge is 2.14. The zero-order chi connectivity index (χ0) is 8.85. The van der Waals surface area contributed by atoms with Crippen molar-refractivity contribution in [1.29, 1.82) is 0 Å². The fraction of sp³-hybridized carbons (Fsp3) is 0.857. The van der Waals surface area contributed by atoms with Crippen LogP contribution in [0.25, 0.3) is 0 Å². The van der Waals surface area contributed by atoms with Crippen LogP contribution in [0.15, 0.2) is 0 Å². The predicted molar refractivity (Wildman–Crippen MR) is 41.4 cm³/mol. The molecule has 0 heterocycles. The van der Waals surface area contributed by atoms with Crippen LogP contribution in [0.4, 0.5) is 0 Å². The molecule has 0 saturated heterocycles. The summed E-state index contributed by atoms with van der Waals surface area (Å²) in [7, 11) is 0. The Bertz CT molecular complexity index is 125. The molecule has 0 aliphatic rings. The molecule has 4 nitrogen and oxygen atoms in total. The molecule has 0 aromatic carbocycles. The molecular weight excluding hydrogens is 146 g/mol. The summed E-state index contributed by atoms with van der Waals surface area (Å²) in [5.74, 6) is -0.614. The Hall–Kier alpha value is -0.610. The molecule has 0 radical (unpaired) electrons. The van der Waals surface area contributed by atoms with Gasteiger partial charge in [0.25, 0.3) is 0 Å². The average Bonchev–Trinajstić information content (AvgIpc) is 1.87. The minimum Gasteiger partial charge on any atom is -0.480 e. The van der Waals surface area contributed by atoms with E-state index in [1.54, 1.807) is 0 Å². The van der Waals surface area contributed by atoms with Crippen LogP contribution in [0.1, 0.15) is 13.8 Å². The van der Waals surface area contributed by atoms with E-state index in [-0.39, 0.29) is 6.61 Å². The molecule has 3 N–H and O–H groups in total. The summed E-state index contributed by atoms with van der Waals surface area (Å²) in [6, 6.07) is -0.822. The molecule has 0 aromatic rings. The molecule has 1 unspecified atom stereocenters. The number of carbonyl (C=O) groups is 1. The van der Waals surface area contributed by atoms with Gasteiger partial charge in [0.15, 0.2) is 0 Å². The van der Waals surface area contributed by atoms with Gasteiger partial charge in [-0.05, 0) is 12.5 Å². The van der Waals surface area contributed by atoms with Gasteiger partial charge in [0.05, 0.1) is 6.61 Å². The number of nitrogens with one attached hydrogen (secondary N) is 1. The lowest BCUT2D eigenvalue weighted by molar-refractivity contribution is -0.140. The second kappa shape index (κ2) is 5.09. The summed E-state index contributed by atoms with van der Waals surface area (Å²) >= 11 is 0. The summed E-state index contributed by atoms with van der Waals surface area (Å²) in [6.07, 6.45) is 0. The van der Waals surface area contributed by atoms with Crippen molar-refractivity contribution in [3.05, 3.63) is 0 Å². The minimum atomic E-state index is -1.01. The highest BCUT2D eigenvalue weighted by molar-refractivity contribution is 5.73. The third-order valence-corrected chi connectivity index (χ3v) is 1.25. The Labute approximate surface area is 66.2 Å². The van der Waals surface area contributed by atoms with E-state index < -0.39 is 12.0 Å². The van der Waals surface area contributed by atoms with Gasteiger partial charge in [-0.3, -0.25) is 4.79 Å². The summed E-state index contributed by atoms with van der Waals surface area (Å²) in [5.41, 5.74) is 0. The lowest BCUT2D eigenvalue weighted by Gasteiger charge is -2.12. The monoisotopic (exact) mass is 161 g/mol. The summed E-state index contributed by atoms with van der Waals surface area (Å²) in [5, 5.41) is 19.7. The van der Waals surface area contributed by atoms with Gasteiger partial charge in [0.2, 0.25) is 0 Å². The van der Waals surface area contributed by atoms with Crippen LogP contribution in [-0.4, -0.2) is 35.4 Å². The molecule has 0 aromatic heterocycles. The SMILES string of the molecule is CC(C)CNC(CO)C(=O)O.